The lowest BCUT2D eigenvalue weighted by Crippen LogP contribution is -2.30. The first kappa shape index (κ1) is 29.8. The maximum absolute atomic E-state index is 11.3. The number of nitrogens with zero attached hydrogens (tertiary/aromatic N) is 4. The summed E-state index contributed by atoms with van der Waals surface area (Å²) in [4.78, 5) is 15.2. The van der Waals surface area contributed by atoms with Crippen molar-refractivity contribution in [2.24, 2.45) is 9.98 Å². The second-order valence-electron chi connectivity index (χ2n) is 14.5. The molecule has 3 aliphatic rings. The average molecular weight is 559 g/mol. The van der Waals surface area contributed by atoms with Crippen LogP contribution in [0, 0.1) is 0 Å². The maximum atomic E-state index is 11.3. The van der Waals surface area contributed by atoms with Gasteiger partial charge in [0, 0.05) is 60.9 Å². The molecule has 0 radical (unpaired) electrons. The monoisotopic (exact) mass is 558 g/mol. The Kier molecular flexibility index (Phi) is 8.63. The summed E-state index contributed by atoms with van der Waals surface area (Å²) in [5.41, 5.74) is 5.69. The Morgan fingerprint density at radius 2 is 1.02 bits per heavy atom. The first-order chi connectivity index (χ1) is 19.4. The summed E-state index contributed by atoms with van der Waals surface area (Å²) in [6.07, 6.45) is 9.13. The fraction of sp³-hybridized carbons (Fsp3) is 0.600. The van der Waals surface area contributed by atoms with Crippen LogP contribution in [0.1, 0.15) is 107 Å². The van der Waals surface area contributed by atoms with Crippen molar-refractivity contribution >= 4 is 12.4 Å². The molecule has 4 atom stereocenters. The smallest absolute Gasteiger partial charge is 0.128 e. The number of fused-ring (bicyclic) bond motifs is 8. The zero-order valence-electron chi connectivity index (χ0n) is 26.1. The predicted molar refractivity (Wildman–Crippen MR) is 170 cm³/mol. The van der Waals surface area contributed by atoms with Crippen LogP contribution >= 0.6 is 0 Å². The van der Waals surface area contributed by atoms with Gasteiger partial charge in [0.2, 0.25) is 0 Å². The predicted octanol–water partition coefficient (Wildman–Crippen LogP) is 6.56. The molecule has 5 rings (SSSR count). The van der Waals surface area contributed by atoms with Crippen molar-refractivity contribution in [1.82, 2.24) is 9.80 Å². The van der Waals surface area contributed by atoms with Gasteiger partial charge in [-0.05, 0) is 66.4 Å². The highest BCUT2D eigenvalue weighted by Crippen LogP contribution is 2.36. The third-order valence-corrected chi connectivity index (χ3v) is 9.01. The van der Waals surface area contributed by atoms with Crippen LogP contribution in [0.2, 0.25) is 0 Å². The summed E-state index contributed by atoms with van der Waals surface area (Å²) in [5.74, 6) is 0.683. The standard InChI is InChI=1S/C35H50N4O2/c1-34(2,3)28-18-24-16-26(32(28)40)20-36-30-10-7-8-11-31(30)37-21-27-17-25(19-29(33(27)41)35(4,5)6)23-39-13-9-12-38(22-24)14-15-39/h16-21,30-31,40-41H,7-15,22-23H2,1-6H3/t30-,31-/m0/s1. The van der Waals surface area contributed by atoms with Crippen molar-refractivity contribution in [2.75, 3.05) is 26.2 Å². The zero-order valence-corrected chi connectivity index (χ0v) is 26.1. The highest BCUT2D eigenvalue weighted by Gasteiger charge is 2.27. The van der Waals surface area contributed by atoms with E-state index in [1.807, 2.05) is 12.4 Å². The van der Waals surface area contributed by atoms with Crippen molar-refractivity contribution < 1.29 is 10.2 Å². The van der Waals surface area contributed by atoms with E-state index in [-0.39, 0.29) is 22.9 Å². The van der Waals surface area contributed by atoms with Gasteiger partial charge in [0.25, 0.3) is 0 Å². The highest BCUT2D eigenvalue weighted by atomic mass is 16.3. The van der Waals surface area contributed by atoms with Crippen molar-refractivity contribution in [3.8, 4) is 11.5 Å². The van der Waals surface area contributed by atoms with Crippen molar-refractivity contribution in [3.05, 3.63) is 57.6 Å². The summed E-state index contributed by atoms with van der Waals surface area (Å²) in [6.45, 7) is 18.8. The molecule has 1 aliphatic carbocycles. The second-order valence-corrected chi connectivity index (χ2v) is 14.5. The summed E-state index contributed by atoms with van der Waals surface area (Å²) < 4.78 is 0. The molecule has 41 heavy (non-hydrogen) atoms. The van der Waals surface area contributed by atoms with Crippen LogP contribution < -0.4 is 0 Å². The highest BCUT2D eigenvalue weighted by molar-refractivity contribution is 5.86. The van der Waals surface area contributed by atoms with Gasteiger partial charge >= 0.3 is 0 Å². The van der Waals surface area contributed by atoms with Gasteiger partial charge in [0.05, 0.1) is 12.1 Å². The van der Waals surface area contributed by atoms with Crippen molar-refractivity contribution in [2.45, 2.75) is 110 Å². The fourth-order valence-electron chi connectivity index (χ4n) is 6.61. The van der Waals surface area contributed by atoms with Crippen LogP contribution in [0.3, 0.4) is 0 Å². The molecule has 0 spiro atoms. The van der Waals surface area contributed by atoms with Gasteiger partial charge in [-0.15, -0.1) is 0 Å². The number of hydrogen-bond donors (Lipinski definition) is 2. The SMILES string of the molecule is CC(C)(C)c1cc2cc(c1O)C=N[C@H]1CCCC[C@@H]1N=Cc1cc(cc(C(C)(C)C)c1O)CN1CCCN(CC1)C2. The van der Waals surface area contributed by atoms with Gasteiger partial charge in [-0.25, -0.2) is 0 Å². The molecule has 2 aromatic rings. The minimum atomic E-state index is -0.173. The lowest BCUT2D eigenvalue weighted by atomic mass is 9.84. The quantitative estimate of drug-likeness (QED) is 0.384. The summed E-state index contributed by atoms with van der Waals surface area (Å²) in [7, 11) is 0. The van der Waals surface area contributed by atoms with E-state index in [4.69, 9.17) is 9.98 Å². The van der Waals surface area contributed by atoms with Crippen LogP contribution in [0.5, 0.6) is 11.5 Å². The van der Waals surface area contributed by atoms with Crippen LogP contribution in [-0.4, -0.2) is 70.7 Å². The van der Waals surface area contributed by atoms with E-state index in [9.17, 15) is 10.2 Å². The zero-order chi connectivity index (χ0) is 29.4. The van der Waals surface area contributed by atoms with E-state index in [0.29, 0.717) is 11.5 Å². The molecule has 2 fully saturated rings. The summed E-state index contributed by atoms with van der Waals surface area (Å²) in [6, 6.07) is 8.79. The Morgan fingerprint density at radius 3 is 1.41 bits per heavy atom. The maximum Gasteiger partial charge on any atom is 0.128 e. The first-order valence-corrected chi connectivity index (χ1v) is 15.6. The van der Waals surface area contributed by atoms with E-state index >= 15 is 0 Å². The largest absolute Gasteiger partial charge is 0.507 e. The van der Waals surface area contributed by atoms with Crippen LogP contribution in [0.4, 0.5) is 0 Å². The Balaban J connectivity index is 1.60. The van der Waals surface area contributed by atoms with E-state index in [0.717, 1.165) is 93.6 Å². The van der Waals surface area contributed by atoms with Gasteiger partial charge in [0.1, 0.15) is 11.5 Å². The molecule has 2 heterocycles. The lowest BCUT2D eigenvalue weighted by Gasteiger charge is -2.27. The van der Waals surface area contributed by atoms with Crippen LogP contribution in [-0.2, 0) is 23.9 Å². The molecule has 2 N–H and O–H groups in total. The van der Waals surface area contributed by atoms with Crippen molar-refractivity contribution in [3.63, 3.8) is 0 Å². The molecule has 6 bridgehead atoms. The van der Waals surface area contributed by atoms with Crippen molar-refractivity contribution in [1.29, 1.82) is 0 Å². The average Bonchev–Trinajstić information content (AvgIpc) is 3.12. The number of benzene rings is 2. The molecule has 222 valence electrons. The third kappa shape index (κ3) is 7.03. The molecule has 6 nitrogen and oxygen atoms in total. The first-order valence-electron chi connectivity index (χ1n) is 15.6. The molecule has 6 heteroatoms. The van der Waals surface area contributed by atoms with E-state index < -0.39 is 0 Å². The number of aromatic hydroxyl groups is 2. The molecule has 2 aromatic carbocycles. The Labute approximate surface area is 247 Å². The molecule has 0 aromatic heterocycles. The molecule has 1 saturated carbocycles. The summed E-state index contributed by atoms with van der Waals surface area (Å²) in [5, 5.41) is 22.7. The molecular weight excluding hydrogens is 508 g/mol. The van der Waals surface area contributed by atoms with Gasteiger partial charge < -0.3 is 10.2 Å². The van der Waals surface area contributed by atoms with Gasteiger partial charge in [-0.3, -0.25) is 19.8 Å². The Bertz CT molecular complexity index is 1200. The normalized spacial score (nSPS) is 25.7. The second kappa shape index (κ2) is 11.9. The molecule has 0 amide bonds. The van der Waals surface area contributed by atoms with Crippen LogP contribution in [0.15, 0.2) is 34.3 Å². The third-order valence-electron chi connectivity index (χ3n) is 9.01. The number of phenols is 2. The molecule has 2 aliphatic heterocycles. The minimum Gasteiger partial charge on any atom is -0.507 e. The Hall–Kier alpha value is -2.70. The number of phenolic OH excluding ortho intramolecular Hbond substituents is 2. The molecule has 1 saturated heterocycles. The topological polar surface area (TPSA) is 71.7 Å². The fourth-order valence-corrected chi connectivity index (χ4v) is 6.61. The summed E-state index contributed by atoms with van der Waals surface area (Å²) >= 11 is 0. The molecular formula is C35H50N4O2. The Morgan fingerprint density at radius 1 is 0.610 bits per heavy atom. The van der Waals surface area contributed by atoms with E-state index in [1.54, 1.807) is 0 Å². The van der Waals surface area contributed by atoms with Gasteiger partial charge in [-0.2, -0.15) is 0 Å². The number of rotatable bonds is 0. The van der Waals surface area contributed by atoms with Gasteiger partial charge in [0.15, 0.2) is 0 Å². The van der Waals surface area contributed by atoms with Gasteiger partial charge in [-0.1, -0.05) is 66.5 Å². The van der Waals surface area contributed by atoms with Crippen LogP contribution in [0.25, 0.3) is 0 Å². The lowest BCUT2D eigenvalue weighted by molar-refractivity contribution is 0.247. The van der Waals surface area contributed by atoms with E-state index in [2.05, 4.69) is 75.6 Å². The molecule has 2 unspecified atom stereocenters. The van der Waals surface area contributed by atoms with E-state index in [1.165, 1.54) is 11.1 Å². The number of aliphatic imine (C=N–C) groups is 2. The number of hydrogen-bond acceptors (Lipinski definition) is 6. The minimum absolute atomic E-state index is 0.0570.